The van der Waals surface area contributed by atoms with Crippen molar-refractivity contribution in [3.05, 3.63) is 121 Å². The smallest absolute Gasteiger partial charge is 0.0414 e. The summed E-state index contributed by atoms with van der Waals surface area (Å²) in [5, 5.41) is 6.29. The quantitative estimate of drug-likeness (QED) is 0.287. The second-order valence-corrected chi connectivity index (χ2v) is 9.49. The van der Waals surface area contributed by atoms with Crippen LogP contribution in [0.2, 0.25) is 0 Å². The Morgan fingerprint density at radius 3 is 2.09 bits per heavy atom. The van der Waals surface area contributed by atoms with Crippen molar-refractivity contribution in [1.82, 2.24) is 0 Å². The molecule has 6 aromatic rings. The molecule has 1 heterocycles. The van der Waals surface area contributed by atoms with Crippen LogP contribution in [0.3, 0.4) is 0 Å². The monoisotopic (exact) mass is 441 g/mol. The van der Waals surface area contributed by atoms with Crippen molar-refractivity contribution in [1.29, 1.82) is 0 Å². The Balaban J connectivity index is 1.32. The molecule has 0 spiro atoms. The summed E-state index contributed by atoms with van der Waals surface area (Å²) in [6.07, 6.45) is 0. The minimum Gasteiger partial charge on any atom is -0.355 e. The van der Waals surface area contributed by atoms with Gasteiger partial charge in [-0.25, -0.2) is 0 Å². The second-order valence-electron chi connectivity index (χ2n) is 8.41. The summed E-state index contributed by atoms with van der Waals surface area (Å²) in [5.74, 6) is 0. The van der Waals surface area contributed by atoms with Gasteiger partial charge < -0.3 is 5.32 Å². The van der Waals surface area contributed by atoms with Crippen molar-refractivity contribution in [2.45, 2.75) is 6.92 Å². The van der Waals surface area contributed by atoms with Crippen molar-refractivity contribution >= 4 is 42.9 Å². The van der Waals surface area contributed by atoms with Crippen molar-refractivity contribution in [3.8, 4) is 22.3 Å². The molecule has 0 aliphatic carbocycles. The van der Waals surface area contributed by atoms with E-state index >= 15 is 0 Å². The van der Waals surface area contributed by atoms with Gasteiger partial charge in [0.1, 0.15) is 0 Å². The molecule has 1 nitrogen and oxygen atoms in total. The third-order valence-electron chi connectivity index (χ3n) is 6.19. The summed E-state index contributed by atoms with van der Waals surface area (Å²) in [6, 6.07) is 41.3. The molecule has 6 rings (SSSR count). The molecule has 33 heavy (non-hydrogen) atoms. The van der Waals surface area contributed by atoms with Crippen molar-refractivity contribution in [2.75, 3.05) is 5.32 Å². The minimum atomic E-state index is 1.10. The van der Waals surface area contributed by atoms with Crippen LogP contribution in [0.1, 0.15) is 5.56 Å². The number of hydrogen-bond donors (Lipinski definition) is 1. The number of rotatable bonds is 4. The Kier molecular flexibility index (Phi) is 4.93. The fourth-order valence-electron chi connectivity index (χ4n) is 4.45. The van der Waals surface area contributed by atoms with Gasteiger partial charge in [-0.05, 0) is 77.2 Å². The standard InChI is InChI=1S/C31H23NS/c1-21-18-24(22-8-3-2-4-9-22)14-16-29(21)32-26-11-7-10-23(19-26)25-15-17-31-28(20-25)27-12-5-6-13-30(27)33-31/h2-20,32H,1H3. The average molecular weight is 442 g/mol. The molecular formula is C31H23NS. The molecule has 0 amide bonds. The highest BCUT2D eigenvalue weighted by Gasteiger charge is 2.08. The second kappa shape index (κ2) is 8.23. The first-order valence-electron chi connectivity index (χ1n) is 11.2. The van der Waals surface area contributed by atoms with E-state index in [1.807, 2.05) is 11.3 Å². The van der Waals surface area contributed by atoms with Crippen LogP contribution in [0.25, 0.3) is 42.4 Å². The third kappa shape index (κ3) is 3.79. The van der Waals surface area contributed by atoms with E-state index in [-0.39, 0.29) is 0 Å². The Morgan fingerprint density at radius 2 is 1.21 bits per heavy atom. The molecule has 0 bridgehead atoms. The van der Waals surface area contributed by atoms with E-state index in [4.69, 9.17) is 0 Å². The molecule has 0 aliphatic rings. The van der Waals surface area contributed by atoms with Crippen molar-refractivity contribution in [2.24, 2.45) is 0 Å². The topological polar surface area (TPSA) is 12.0 Å². The largest absolute Gasteiger partial charge is 0.355 e. The lowest BCUT2D eigenvalue weighted by Crippen LogP contribution is -1.94. The molecule has 0 fully saturated rings. The van der Waals surface area contributed by atoms with Crippen LogP contribution in [0.4, 0.5) is 11.4 Å². The van der Waals surface area contributed by atoms with E-state index in [0.29, 0.717) is 0 Å². The number of thiophene rings is 1. The van der Waals surface area contributed by atoms with Crippen LogP contribution in [0, 0.1) is 6.92 Å². The molecule has 0 saturated carbocycles. The lowest BCUT2D eigenvalue weighted by molar-refractivity contribution is 1.43. The van der Waals surface area contributed by atoms with Gasteiger partial charge in [0.25, 0.3) is 0 Å². The van der Waals surface area contributed by atoms with Gasteiger partial charge in [0.05, 0.1) is 0 Å². The lowest BCUT2D eigenvalue weighted by atomic mass is 10.0. The molecule has 0 aliphatic heterocycles. The van der Waals surface area contributed by atoms with Gasteiger partial charge >= 0.3 is 0 Å². The van der Waals surface area contributed by atoms with E-state index < -0.39 is 0 Å². The first kappa shape index (κ1) is 19.8. The maximum atomic E-state index is 3.62. The first-order chi connectivity index (χ1) is 16.2. The summed E-state index contributed by atoms with van der Waals surface area (Å²) < 4.78 is 2.68. The van der Waals surface area contributed by atoms with E-state index in [0.717, 1.165) is 11.4 Å². The lowest BCUT2D eigenvalue weighted by Gasteiger charge is -2.13. The summed E-state index contributed by atoms with van der Waals surface area (Å²) in [4.78, 5) is 0. The SMILES string of the molecule is Cc1cc(-c2ccccc2)ccc1Nc1cccc(-c2ccc3sc4ccccc4c3c2)c1. The Bertz CT molecular complexity index is 1590. The first-order valence-corrected chi connectivity index (χ1v) is 12.0. The fourth-order valence-corrected chi connectivity index (χ4v) is 5.54. The summed E-state index contributed by atoms with van der Waals surface area (Å²) in [7, 11) is 0. The highest BCUT2D eigenvalue weighted by Crippen LogP contribution is 2.37. The zero-order valence-electron chi connectivity index (χ0n) is 18.4. The third-order valence-corrected chi connectivity index (χ3v) is 7.34. The molecule has 0 saturated heterocycles. The van der Waals surface area contributed by atoms with E-state index in [2.05, 4.69) is 128 Å². The van der Waals surface area contributed by atoms with Crippen LogP contribution in [0.5, 0.6) is 0 Å². The number of anilines is 2. The molecular weight excluding hydrogens is 418 g/mol. The van der Waals surface area contributed by atoms with Gasteiger partial charge in [0, 0.05) is 31.5 Å². The van der Waals surface area contributed by atoms with Gasteiger partial charge in [0.15, 0.2) is 0 Å². The zero-order chi connectivity index (χ0) is 22.2. The van der Waals surface area contributed by atoms with E-state index in [1.54, 1.807) is 0 Å². The van der Waals surface area contributed by atoms with Crippen LogP contribution in [-0.4, -0.2) is 0 Å². The molecule has 1 aromatic heterocycles. The highest BCUT2D eigenvalue weighted by atomic mass is 32.1. The number of fused-ring (bicyclic) bond motifs is 3. The molecule has 158 valence electrons. The predicted octanol–water partition coefficient (Wildman–Crippen LogP) is 9.44. The van der Waals surface area contributed by atoms with E-state index in [9.17, 15) is 0 Å². The van der Waals surface area contributed by atoms with Crippen LogP contribution in [-0.2, 0) is 0 Å². The number of aryl methyl sites for hydroxylation is 1. The van der Waals surface area contributed by atoms with Gasteiger partial charge in [-0.3, -0.25) is 0 Å². The highest BCUT2D eigenvalue weighted by molar-refractivity contribution is 7.25. The Labute approximate surface area is 198 Å². The molecule has 0 atom stereocenters. The van der Waals surface area contributed by atoms with Crippen LogP contribution >= 0.6 is 11.3 Å². The normalized spacial score (nSPS) is 11.2. The van der Waals surface area contributed by atoms with E-state index in [1.165, 1.54) is 48.0 Å². The fraction of sp³-hybridized carbons (Fsp3) is 0.0323. The number of benzene rings is 5. The minimum absolute atomic E-state index is 1.10. The van der Waals surface area contributed by atoms with Crippen LogP contribution < -0.4 is 5.32 Å². The molecule has 0 unspecified atom stereocenters. The van der Waals surface area contributed by atoms with Crippen molar-refractivity contribution < 1.29 is 0 Å². The Morgan fingerprint density at radius 1 is 0.515 bits per heavy atom. The average Bonchev–Trinajstić information content (AvgIpc) is 3.24. The number of nitrogens with one attached hydrogen (secondary N) is 1. The molecule has 2 heteroatoms. The summed E-state index contributed by atoms with van der Waals surface area (Å²) in [6.45, 7) is 2.16. The zero-order valence-corrected chi connectivity index (χ0v) is 19.2. The van der Waals surface area contributed by atoms with Gasteiger partial charge in [-0.1, -0.05) is 72.8 Å². The van der Waals surface area contributed by atoms with Gasteiger partial charge in [-0.2, -0.15) is 0 Å². The van der Waals surface area contributed by atoms with Gasteiger partial charge in [0.2, 0.25) is 0 Å². The van der Waals surface area contributed by atoms with Gasteiger partial charge in [-0.15, -0.1) is 11.3 Å². The summed E-state index contributed by atoms with van der Waals surface area (Å²) in [5.41, 5.74) is 8.40. The summed E-state index contributed by atoms with van der Waals surface area (Å²) >= 11 is 1.86. The maximum Gasteiger partial charge on any atom is 0.0414 e. The Hall–Kier alpha value is -3.88. The predicted molar refractivity (Wildman–Crippen MR) is 145 cm³/mol. The number of hydrogen-bond acceptors (Lipinski definition) is 2. The van der Waals surface area contributed by atoms with Crippen molar-refractivity contribution in [3.63, 3.8) is 0 Å². The van der Waals surface area contributed by atoms with Crippen LogP contribution in [0.15, 0.2) is 115 Å². The molecule has 0 radical (unpaired) electrons. The molecule has 1 N–H and O–H groups in total. The molecule has 5 aromatic carbocycles. The maximum absolute atomic E-state index is 3.62.